The van der Waals surface area contributed by atoms with E-state index in [1.54, 1.807) is 0 Å². The highest BCUT2D eigenvalue weighted by Crippen LogP contribution is 2.07. The summed E-state index contributed by atoms with van der Waals surface area (Å²) < 4.78 is 0. The Balaban J connectivity index is 2.79. The first kappa shape index (κ1) is 12.5. The van der Waals surface area contributed by atoms with E-state index in [-0.39, 0.29) is 0 Å². The average Bonchev–Trinajstić information content (AvgIpc) is 2.16. The van der Waals surface area contributed by atoms with Gasteiger partial charge in [0.05, 0.1) is 0 Å². The lowest BCUT2D eigenvalue weighted by Crippen LogP contribution is -2.11. The summed E-state index contributed by atoms with van der Waals surface area (Å²) >= 11 is 0. The molecule has 78 valence electrons. The molecule has 0 aliphatic heterocycles. The van der Waals surface area contributed by atoms with Crippen molar-refractivity contribution >= 4 is 6.41 Å². The lowest BCUT2D eigenvalue weighted by atomic mass is 10.1. The van der Waals surface area contributed by atoms with E-state index in [9.17, 15) is 4.79 Å². The van der Waals surface area contributed by atoms with Gasteiger partial charge in [-0.3, -0.25) is 4.79 Å². The highest BCUT2D eigenvalue weighted by molar-refractivity contribution is 5.45. The number of unbranched alkanes of at least 4 members (excludes halogenated alkanes) is 7. The van der Waals surface area contributed by atoms with Crippen molar-refractivity contribution in [2.45, 2.75) is 58.3 Å². The van der Waals surface area contributed by atoms with Crippen LogP contribution in [0.2, 0.25) is 0 Å². The molecule has 0 radical (unpaired) electrons. The molecule has 0 saturated carbocycles. The van der Waals surface area contributed by atoms with Crippen LogP contribution < -0.4 is 5.32 Å². The van der Waals surface area contributed by atoms with Gasteiger partial charge in [0, 0.05) is 6.54 Å². The Morgan fingerprint density at radius 2 is 1.46 bits per heavy atom. The Labute approximate surface area is 82.1 Å². The zero-order valence-corrected chi connectivity index (χ0v) is 8.85. The summed E-state index contributed by atoms with van der Waals surface area (Å²) in [5.74, 6) is 0. The second kappa shape index (κ2) is 11.5. The number of nitrogens with one attached hydrogen (secondary N) is 1. The molecule has 0 fully saturated rings. The van der Waals surface area contributed by atoms with Crippen molar-refractivity contribution in [2.24, 2.45) is 0 Å². The Kier molecular flexibility index (Phi) is 11.0. The van der Waals surface area contributed by atoms with E-state index in [0.29, 0.717) is 0 Å². The first-order chi connectivity index (χ1) is 6.41. The van der Waals surface area contributed by atoms with Crippen molar-refractivity contribution in [3.05, 3.63) is 0 Å². The molecule has 2 heteroatoms. The van der Waals surface area contributed by atoms with Crippen LogP contribution in [-0.2, 0) is 4.79 Å². The zero-order chi connectivity index (χ0) is 9.78. The van der Waals surface area contributed by atoms with Gasteiger partial charge < -0.3 is 5.32 Å². The number of carbonyl (C=O) groups is 1. The average molecular weight is 185 g/mol. The molecule has 0 aliphatic rings. The molecule has 0 heterocycles. The van der Waals surface area contributed by atoms with Gasteiger partial charge in [-0.05, 0) is 6.42 Å². The largest absolute Gasteiger partial charge is 0.359 e. The number of amides is 1. The minimum Gasteiger partial charge on any atom is -0.359 e. The maximum absolute atomic E-state index is 9.90. The van der Waals surface area contributed by atoms with Crippen LogP contribution in [0.1, 0.15) is 58.3 Å². The summed E-state index contributed by atoms with van der Waals surface area (Å²) in [6.07, 6.45) is 11.3. The Morgan fingerprint density at radius 3 is 2.00 bits per heavy atom. The lowest BCUT2D eigenvalue weighted by molar-refractivity contribution is -0.109. The number of hydrogen-bond acceptors (Lipinski definition) is 1. The fraction of sp³-hybridized carbons (Fsp3) is 0.909. The summed E-state index contributed by atoms with van der Waals surface area (Å²) in [4.78, 5) is 9.90. The van der Waals surface area contributed by atoms with Crippen LogP contribution in [0, 0.1) is 0 Å². The maximum atomic E-state index is 9.90. The van der Waals surface area contributed by atoms with Crippen LogP contribution in [0.5, 0.6) is 0 Å². The van der Waals surface area contributed by atoms with E-state index in [2.05, 4.69) is 12.2 Å². The molecule has 13 heavy (non-hydrogen) atoms. The van der Waals surface area contributed by atoms with Crippen LogP contribution in [-0.4, -0.2) is 13.0 Å². The van der Waals surface area contributed by atoms with E-state index in [4.69, 9.17) is 0 Å². The molecule has 0 rings (SSSR count). The van der Waals surface area contributed by atoms with E-state index in [1.165, 1.54) is 44.9 Å². The molecule has 0 aromatic carbocycles. The molecule has 1 N–H and O–H groups in total. The fourth-order valence-electron chi connectivity index (χ4n) is 1.42. The summed E-state index contributed by atoms with van der Waals surface area (Å²) in [5.41, 5.74) is 0. The Hall–Kier alpha value is -0.530. The van der Waals surface area contributed by atoms with Gasteiger partial charge in [-0.25, -0.2) is 0 Å². The molecule has 0 aromatic heterocycles. The normalized spacial score (nSPS) is 9.92. The van der Waals surface area contributed by atoms with Gasteiger partial charge in [-0.1, -0.05) is 51.9 Å². The number of carbonyl (C=O) groups excluding carboxylic acids is 1. The topological polar surface area (TPSA) is 29.1 Å². The van der Waals surface area contributed by atoms with Gasteiger partial charge in [0.2, 0.25) is 6.41 Å². The number of hydrogen-bond donors (Lipinski definition) is 1. The smallest absolute Gasteiger partial charge is 0.207 e. The summed E-state index contributed by atoms with van der Waals surface area (Å²) in [7, 11) is 0. The minimum absolute atomic E-state index is 0.779. The predicted octanol–water partition coefficient (Wildman–Crippen LogP) is 2.87. The standard InChI is InChI=1S/C11H23NO/c1-2-3-4-5-6-7-8-9-10-12-11-13/h11H,2-10H2,1H3,(H,12,13). The van der Waals surface area contributed by atoms with E-state index in [1.807, 2.05) is 0 Å². The highest BCUT2D eigenvalue weighted by Gasteiger charge is 1.90. The quantitative estimate of drug-likeness (QED) is 0.411. The van der Waals surface area contributed by atoms with Gasteiger partial charge in [-0.2, -0.15) is 0 Å². The molecule has 0 saturated heterocycles. The van der Waals surface area contributed by atoms with Crippen molar-refractivity contribution in [3.63, 3.8) is 0 Å². The minimum atomic E-state index is 0.779. The van der Waals surface area contributed by atoms with Gasteiger partial charge in [0.25, 0.3) is 0 Å². The van der Waals surface area contributed by atoms with Crippen LogP contribution in [0.25, 0.3) is 0 Å². The van der Waals surface area contributed by atoms with Crippen LogP contribution in [0.3, 0.4) is 0 Å². The van der Waals surface area contributed by atoms with E-state index >= 15 is 0 Å². The molecule has 0 aliphatic carbocycles. The first-order valence-corrected chi connectivity index (χ1v) is 5.59. The molecule has 2 nitrogen and oxygen atoms in total. The lowest BCUT2D eigenvalue weighted by Gasteiger charge is -2.00. The fourth-order valence-corrected chi connectivity index (χ4v) is 1.42. The van der Waals surface area contributed by atoms with Gasteiger partial charge in [-0.15, -0.1) is 0 Å². The highest BCUT2D eigenvalue weighted by atomic mass is 16.1. The third-order valence-corrected chi connectivity index (χ3v) is 2.26. The monoisotopic (exact) mass is 185 g/mol. The molecule has 1 amide bonds. The second-order valence-corrected chi connectivity index (χ2v) is 3.55. The van der Waals surface area contributed by atoms with Crippen molar-refractivity contribution in [2.75, 3.05) is 6.54 Å². The molecule has 0 spiro atoms. The van der Waals surface area contributed by atoms with Crippen LogP contribution >= 0.6 is 0 Å². The van der Waals surface area contributed by atoms with Crippen molar-refractivity contribution in [3.8, 4) is 0 Å². The molecule has 0 bridgehead atoms. The number of rotatable bonds is 10. The van der Waals surface area contributed by atoms with Gasteiger partial charge in [0.1, 0.15) is 0 Å². The maximum Gasteiger partial charge on any atom is 0.207 e. The van der Waals surface area contributed by atoms with Crippen LogP contribution in [0.4, 0.5) is 0 Å². The Bertz CT molecular complexity index is 104. The van der Waals surface area contributed by atoms with E-state index < -0.39 is 0 Å². The van der Waals surface area contributed by atoms with Crippen molar-refractivity contribution in [1.29, 1.82) is 0 Å². The van der Waals surface area contributed by atoms with E-state index in [0.717, 1.165) is 19.4 Å². The van der Waals surface area contributed by atoms with Crippen molar-refractivity contribution < 1.29 is 4.79 Å². The SMILES string of the molecule is CCCCCCCCCCNC=O. The predicted molar refractivity (Wildman–Crippen MR) is 56.7 cm³/mol. The first-order valence-electron chi connectivity index (χ1n) is 5.59. The zero-order valence-electron chi connectivity index (χ0n) is 8.85. The molecular weight excluding hydrogens is 162 g/mol. The van der Waals surface area contributed by atoms with Gasteiger partial charge in [0.15, 0.2) is 0 Å². The third-order valence-electron chi connectivity index (χ3n) is 2.26. The molecule has 0 unspecified atom stereocenters. The summed E-state index contributed by atoms with van der Waals surface area (Å²) in [6.45, 7) is 3.09. The molecular formula is C11H23NO. The molecule has 0 aromatic rings. The van der Waals surface area contributed by atoms with Crippen LogP contribution in [0.15, 0.2) is 0 Å². The Morgan fingerprint density at radius 1 is 0.923 bits per heavy atom. The molecule has 0 atom stereocenters. The summed E-state index contributed by atoms with van der Waals surface area (Å²) in [5, 5.41) is 2.68. The second-order valence-electron chi connectivity index (χ2n) is 3.55. The third kappa shape index (κ3) is 11.5. The van der Waals surface area contributed by atoms with Crippen molar-refractivity contribution in [1.82, 2.24) is 5.32 Å². The summed E-state index contributed by atoms with van der Waals surface area (Å²) in [6, 6.07) is 0. The van der Waals surface area contributed by atoms with Gasteiger partial charge >= 0.3 is 0 Å².